The highest BCUT2D eigenvalue weighted by Crippen LogP contribution is 2.38. The lowest BCUT2D eigenvalue weighted by atomic mass is 10.0. The van der Waals surface area contributed by atoms with Crippen LogP contribution < -0.4 is 0 Å². The zero-order valence-electron chi connectivity index (χ0n) is 11.8. The summed E-state index contributed by atoms with van der Waals surface area (Å²) in [5.74, 6) is 0.162. The Kier molecular flexibility index (Phi) is 4.10. The molecule has 0 atom stereocenters. The molecule has 3 rings (SSSR count). The molecule has 1 aromatic heterocycles. The number of nitro benzene ring substituents is 1. The van der Waals surface area contributed by atoms with E-state index in [1.807, 2.05) is 0 Å². The maximum Gasteiger partial charge on any atom is 0.280 e. The average molecular weight is 331 g/mol. The third kappa shape index (κ3) is 2.69. The molecule has 0 bridgehead atoms. The molecule has 0 aliphatic rings. The standard InChI is InChI=1S/C16H11ClN2O4/c17-13-7-3-1-5-10(13)15-12(9-20)16(23-18-15)11-6-2-4-8-14(11)19(21)22/h1-8,20H,9H2. The highest BCUT2D eigenvalue weighted by atomic mass is 35.5. The van der Waals surface area contributed by atoms with E-state index in [0.29, 0.717) is 21.8 Å². The van der Waals surface area contributed by atoms with Crippen molar-refractivity contribution >= 4 is 17.3 Å². The summed E-state index contributed by atoms with van der Waals surface area (Å²) in [6.45, 7) is -0.383. The highest BCUT2D eigenvalue weighted by Gasteiger charge is 2.25. The Hall–Kier alpha value is -2.70. The maximum atomic E-state index is 11.2. The summed E-state index contributed by atoms with van der Waals surface area (Å²) in [5, 5.41) is 25.3. The number of benzene rings is 2. The van der Waals surface area contributed by atoms with Gasteiger partial charge in [-0.25, -0.2) is 0 Å². The number of para-hydroxylation sites is 1. The predicted molar refractivity (Wildman–Crippen MR) is 85.0 cm³/mol. The van der Waals surface area contributed by atoms with E-state index in [4.69, 9.17) is 16.1 Å². The summed E-state index contributed by atoms with van der Waals surface area (Å²) >= 11 is 6.15. The quantitative estimate of drug-likeness (QED) is 0.575. The van der Waals surface area contributed by atoms with Gasteiger partial charge >= 0.3 is 0 Å². The molecule has 1 heterocycles. The van der Waals surface area contributed by atoms with Crippen molar-refractivity contribution in [3.8, 4) is 22.6 Å². The fourth-order valence-corrected chi connectivity index (χ4v) is 2.58. The normalized spacial score (nSPS) is 10.7. The molecular weight excluding hydrogens is 320 g/mol. The fraction of sp³-hybridized carbons (Fsp3) is 0.0625. The molecular formula is C16H11ClN2O4. The topological polar surface area (TPSA) is 89.4 Å². The third-order valence-corrected chi connectivity index (χ3v) is 3.75. The van der Waals surface area contributed by atoms with Crippen LogP contribution in [-0.2, 0) is 6.61 Å². The molecule has 7 heteroatoms. The largest absolute Gasteiger partial charge is 0.391 e. The average Bonchev–Trinajstić information content (AvgIpc) is 2.98. The second-order valence-electron chi connectivity index (χ2n) is 4.75. The van der Waals surface area contributed by atoms with Gasteiger partial charge in [-0.2, -0.15) is 0 Å². The Morgan fingerprint density at radius 3 is 2.43 bits per heavy atom. The molecule has 0 fully saturated rings. The van der Waals surface area contributed by atoms with E-state index in [1.54, 1.807) is 42.5 Å². The van der Waals surface area contributed by atoms with Crippen LogP contribution >= 0.6 is 11.6 Å². The van der Waals surface area contributed by atoms with Crippen LogP contribution in [0.2, 0.25) is 5.02 Å². The first-order chi connectivity index (χ1) is 11.1. The Morgan fingerprint density at radius 1 is 1.13 bits per heavy atom. The molecule has 0 saturated carbocycles. The zero-order valence-corrected chi connectivity index (χ0v) is 12.5. The minimum absolute atomic E-state index is 0.121. The van der Waals surface area contributed by atoms with Gasteiger partial charge in [0.05, 0.1) is 27.7 Å². The SMILES string of the molecule is O=[N+]([O-])c1ccccc1-c1onc(-c2ccccc2Cl)c1CO. The molecule has 0 aliphatic heterocycles. The first-order valence-corrected chi connectivity index (χ1v) is 7.09. The van der Waals surface area contributed by atoms with Gasteiger partial charge in [0, 0.05) is 11.6 Å². The fourth-order valence-electron chi connectivity index (χ4n) is 2.36. The van der Waals surface area contributed by atoms with Crippen molar-refractivity contribution in [3.05, 3.63) is 69.2 Å². The second-order valence-corrected chi connectivity index (χ2v) is 5.16. The van der Waals surface area contributed by atoms with Crippen LogP contribution in [0.4, 0.5) is 5.69 Å². The lowest BCUT2D eigenvalue weighted by Gasteiger charge is -2.03. The predicted octanol–water partition coefficient (Wildman–Crippen LogP) is 4.06. The first kappa shape index (κ1) is 15.2. The number of aliphatic hydroxyl groups excluding tert-OH is 1. The zero-order chi connectivity index (χ0) is 16.4. The third-order valence-electron chi connectivity index (χ3n) is 3.42. The molecule has 6 nitrogen and oxygen atoms in total. The van der Waals surface area contributed by atoms with Gasteiger partial charge in [0.2, 0.25) is 0 Å². The summed E-state index contributed by atoms with van der Waals surface area (Å²) < 4.78 is 5.30. The molecule has 1 N–H and O–H groups in total. The van der Waals surface area contributed by atoms with Gasteiger partial charge in [0.15, 0.2) is 5.76 Å². The highest BCUT2D eigenvalue weighted by molar-refractivity contribution is 6.33. The Morgan fingerprint density at radius 2 is 1.78 bits per heavy atom. The second kappa shape index (κ2) is 6.20. The van der Waals surface area contributed by atoms with E-state index >= 15 is 0 Å². The van der Waals surface area contributed by atoms with E-state index in [9.17, 15) is 15.2 Å². The molecule has 0 unspecified atom stereocenters. The van der Waals surface area contributed by atoms with E-state index in [1.165, 1.54) is 6.07 Å². The van der Waals surface area contributed by atoms with E-state index < -0.39 is 4.92 Å². The molecule has 0 aliphatic carbocycles. The Bertz CT molecular complexity index is 876. The van der Waals surface area contributed by atoms with Gasteiger partial charge < -0.3 is 9.63 Å². The lowest BCUT2D eigenvalue weighted by Crippen LogP contribution is -1.94. The van der Waals surface area contributed by atoms with E-state index in [2.05, 4.69) is 5.16 Å². The van der Waals surface area contributed by atoms with Crippen molar-refractivity contribution < 1.29 is 14.6 Å². The molecule has 0 radical (unpaired) electrons. The lowest BCUT2D eigenvalue weighted by molar-refractivity contribution is -0.384. The number of nitrogens with zero attached hydrogens (tertiary/aromatic N) is 2. The molecule has 0 spiro atoms. The number of aromatic nitrogens is 1. The van der Waals surface area contributed by atoms with Crippen LogP contribution in [0.3, 0.4) is 0 Å². The number of nitro groups is 1. The van der Waals surface area contributed by atoms with Crippen LogP contribution in [0.15, 0.2) is 53.1 Å². The van der Waals surface area contributed by atoms with E-state index in [0.717, 1.165) is 0 Å². The van der Waals surface area contributed by atoms with Crippen LogP contribution in [0, 0.1) is 10.1 Å². The van der Waals surface area contributed by atoms with Crippen molar-refractivity contribution in [2.75, 3.05) is 0 Å². The van der Waals surface area contributed by atoms with Crippen molar-refractivity contribution in [2.45, 2.75) is 6.61 Å². The number of hydrogen-bond donors (Lipinski definition) is 1. The minimum atomic E-state index is -0.506. The maximum absolute atomic E-state index is 11.2. The van der Waals surface area contributed by atoms with Crippen molar-refractivity contribution in [2.24, 2.45) is 0 Å². The van der Waals surface area contributed by atoms with Crippen LogP contribution in [0.5, 0.6) is 0 Å². The summed E-state index contributed by atoms with van der Waals surface area (Å²) in [6.07, 6.45) is 0. The summed E-state index contributed by atoms with van der Waals surface area (Å²) in [4.78, 5) is 10.7. The molecule has 0 saturated heterocycles. The number of aliphatic hydroxyl groups is 1. The summed E-state index contributed by atoms with van der Waals surface area (Å²) in [5.41, 5.74) is 1.45. The van der Waals surface area contributed by atoms with Crippen molar-refractivity contribution in [3.63, 3.8) is 0 Å². The van der Waals surface area contributed by atoms with Gasteiger partial charge in [0.1, 0.15) is 5.69 Å². The molecule has 116 valence electrons. The number of halogens is 1. The number of hydrogen-bond acceptors (Lipinski definition) is 5. The summed E-state index contributed by atoms with van der Waals surface area (Å²) in [6, 6.07) is 13.1. The Labute approximate surface area is 136 Å². The van der Waals surface area contributed by atoms with Gasteiger partial charge in [-0.3, -0.25) is 10.1 Å². The van der Waals surface area contributed by atoms with Gasteiger partial charge in [-0.05, 0) is 12.1 Å². The van der Waals surface area contributed by atoms with E-state index in [-0.39, 0.29) is 23.6 Å². The summed E-state index contributed by atoms with van der Waals surface area (Å²) in [7, 11) is 0. The van der Waals surface area contributed by atoms with Crippen LogP contribution in [-0.4, -0.2) is 15.2 Å². The van der Waals surface area contributed by atoms with Crippen LogP contribution in [0.1, 0.15) is 5.56 Å². The van der Waals surface area contributed by atoms with Crippen molar-refractivity contribution in [1.29, 1.82) is 0 Å². The molecule has 0 amide bonds. The van der Waals surface area contributed by atoms with Gasteiger partial charge in [-0.1, -0.05) is 47.1 Å². The monoisotopic (exact) mass is 330 g/mol. The Balaban J connectivity index is 2.21. The van der Waals surface area contributed by atoms with Gasteiger partial charge in [0.25, 0.3) is 5.69 Å². The smallest absolute Gasteiger partial charge is 0.280 e. The van der Waals surface area contributed by atoms with Crippen LogP contribution in [0.25, 0.3) is 22.6 Å². The van der Waals surface area contributed by atoms with Gasteiger partial charge in [-0.15, -0.1) is 0 Å². The molecule has 23 heavy (non-hydrogen) atoms. The minimum Gasteiger partial charge on any atom is -0.391 e. The number of rotatable bonds is 4. The molecule has 3 aromatic rings. The van der Waals surface area contributed by atoms with Crippen molar-refractivity contribution in [1.82, 2.24) is 5.16 Å². The molecule has 2 aromatic carbocycles. The first-order valence-electron chi connectivity index (χ1n) is 6.71.